The van der Waals surface area contributed by atoms with Crippen molar-refractivity contribution >= 4 is 5.82 Å². The third kappa shape index (κ3) is 4.48. The van der Waals surface area contributed by atoms with E-state index in [4.69, 9.17) is 0 Å². The monoisotopic (exact) mass is 233 g/mol. The molecule has 1 N–H and O–H groups in total. The van der Waals surface area contributed by atoms with E-state index in [1.54, 1.807) is 25.4 Å². The Morgan fingerprint density at radius 1 is 1.44 bits per heavy atom. The van der Waals surface area contributed by atoms with Crippen molar-refractivity contribution < 1.29 is 13.2 Å². The van der Waals surface area contributed by atoms with E-state index in [0.717, 1.165) is 5.56 Å². The highest BCUT2D eigenvalue weighted by Crippen LogP contribution is 2.17. The van der Waals surface area contributed by atoms with Gasteiger partial charge in [-0.15, -0.1) is 0 Å². The Labute approximate surface area is 92.3 Å². The number of pyridine rings is 1. The standard InChI is InChI=1S/C10H14F3N3/c1-14-9-5-8(3-4-15-9)6-16(2)7-10(11,12)13/h3-5H,6-7H2,1-2H3,(H,14,15). The van der Waals surface area contributed by atoms with Gasteiger partial charge in [0.15, 0.2) is 0 Å². The highest BCUT2D eigenvalue weighted by Gasteiger charge is 2.28. The quantitative estimate of drug-likeness (QED) is 0.863. The van der Waals surface area contributed by atoms with Crippen LogP contribution in [0.1, 0.15) is 5.56 Å². The lowest BCUT2D eigenvalue weighted by Crippen LogP contribution is -2.30. The number of hydrogen-bond donors (Lipinski definition) is 1. The first-order chi connectivity index (χ1) is 7.40. The number of rotatable bonds is 4. The topological polar surface area (TPSA) is 28.2 Å². The second-order valence-corrected chi connectivity index (χ2v) is 3.59. The molecule has 0 aromatic carbocycles. The van der Waals surface area contributed by atoms with Crippen LogP contribution in [-0.2, 0) is 6.54 Å². The van der Waals surface area contributed by atoms with Crippen molar-refractivity contribution in [2.75, 3.05) is 26.0 Å². The fourth-order valence-corrected chi connectivity index (χ4v) is 1.38. The van der Waals surface area contributed by atoms with Crippen molar-refractivity contribution in [3.05, 3.63) is 23.9 Å². The predicted octanol–water partition coefficient (Wildman–Crippen LogP) is 2.12. The molecular formula is C10H14F3N3. The van der Waals surface area contributed by atoms with Crippen LogP contribution in [0.3, 0.4) is 0 Å². The fraction of sp³-hybridized carbons (Fsp3) is 0.500. The maximum Gasteiger partial charge on any atom is 0.401 e. The maximum atomic E-state index is 12.1. The largest absolute Gasteiger partial charge is 0.401 e. The van der Waals surface area contributed by atoms with Crippen LogP contribution >= 0.6 is 0 Å². The van der Waals surface area contributed by atoms with E-state index in [2.05, 4.69) is 10.3 Å². The molecule has 0 amide bonds. The number of anilines is 1. The first kappa shape index (κ1) is 12.8. The molecule has 90 valence electrons. The third-order valence-corrected chi connectivity index (χ3v) is 1.98. The fourth-order valence-electron chi connectivity index (χ4n) is 1.38. The highest BCUT2D eigenvalue weighted by atomic mass is 19.4. The molecule has 1 rings (SSSR count). The Morgan fingerprint density at radius 2 is 2.12 bits per heavy atom. The SMILES string of the molecule is CNc1cc(CN(C)CC(F)(F)F)ccn1. The van der Waals surface area contributed by atoms with Gasteiger partial charge in [0.2, 0.25) is 0 Å². The smallest absolute Gasteiger partial charge is 0.373 e. The Bertz CT molecular complexity index is 338. The van der Waals surface area contributed by atoms with E-state index in [9.17, 15) is 13.2 Å². The highest BCUT2D eigenvalue weighted by molar-refractivity contribution is 5.36. The van der Waals surface area contributed by atoms with Gasteiger partial charge >= 0.3 is 6.18 Å². The number of hydrogen-bond acceptors (Lipinski definition) is 3. The molecule has 0 fully saturated rings. The molecule has 0 atom stereocenters. The molecule has 0 bridgehead atoms. The van der Waals surface area contributed by atoms with Crippen LogP contribution in [0.15, 0.2) is 18.3 Å². The summed E-state index contributed by atoms with van der Waals surface area (Å²) in [4.78, 5) is 5.20. The minimum absolute atomic E-state index is 0.247. The summed E-state index contributed by atoms with van der Waals surface area (Å²) in [7, 11) is 3.15. The van der Waals surface area contributed by atoms with Gasteiger partial charge in [-0.05, 0) is 24.7 Å². The molecule has 16 heavy (non-hydrogen) atoms. The van der Waals surface area contributed by atoms with Crippen molar-refractivity contribution in [3.8, 4) is 0 Å². The first-order valence-corrected chi connectivity index (χ1v) is 4.78. The lowest BCUT2D eigenvalue weighted by atomic mass is 10.2. The van der Waals surface area contributed by atoms with E-state index in [-0.39, 0.29) is 6.54 Å². The van der Waals surface area contributed by atoms with Crippen LogP contribution in [0.4, 0.5) is 19.0 Å². The van der Waals surface area contributed by atoms with Crippen LogP contribution in [0.2, 0.25) is 0 Å². The average molecular weight is 233 g/mol. The molecule has 0 saturated heterocycles. The Hall–Kier alpha value is -1.30. The molecular weight excluding hydrogens is 219 g/mol. The molecule has 0 spiro atoms. The summed E-state index contributed by atoms with van der Waals surface area (Å²) in [6, 6.07) is 3.43. The minimum Gasteiger partial charge on any atom is -0.373 e. The van der Waals surface area contributed by atoms with E-state index >= 15 is 0 Å². The molecule has 0 saturated carbocycles. The second-order valence-electron chi connectivity index (χ2n) is 3.59. The van der Waals surface area contributed by atoms with Crippen molar-refractivity contribution in [3.63, 3.8) is 0 Å². The second kappa shape index (κ2) is 5.16. The van der Waals surface area contributed by atoms with Gasteiger partial charge in [-0.1, -0.05) is 0 Å². The predicted molar refractivity (Wildman–Crippen MR) is 56.2 cm³/mol. The average Bonchev–Trinajstić information content (AvgIpc) is 2.15. The Morgan fingerprint density at radius 3 is 2.69 bits per heavy atom. The summed E-state index contributed by atoms with van der Waals surface area (Å²) in [5.74, 6) is 0.651. The van der Waals surface area contributed by atoms with E-state index in [1.807, 2.05) is 0 Å². The summed E-state index contributed by atoms with van der Waals surface area (Å²) < 4.78 is 36.3. The van der Waals surface area contributed by atoms with Gasteiger partial charge in [0.25, 0.3) is 0 Å². The van der Waals surface area contributed by atoms with Gasteiger partial charge in [0.1, 0.15) is 5.82 Å². The zero-order chi connectivity index (χ0) is 12.2. The van der Waals surface area contributed by atoms with Crippen LogP contribution < -0.4 is 5.32 Å². The number of halogens is 3. The molecule has 0 radical (unpaired) electrons. The van der Waals surface area contributed by atoms with Gasteiger partial charge in [-0.25, -0.2) is 4.98 Å². The van der Waals surface area contributed by atoms with Gasteiger partial charge < -0.3 is 5.32 Å². The maximum absolute atomic E-state index is 12.1. The van der Waals surface area contributed by atoms with Gasteiger partial charge in [-0.3, -0.25) is 4.90 Å². The van der Waals surface area contributed by atoms with E-state index < -0.39 is 12.7 Å². The normalized spacial score (nSPS) is 11.9. The molecule has 6 heteroatoms. The van der Waals surface area contributed by atoms with Crippen LogP contribution in [0.25, 0.3) is 0 Å². The molecule has 1 aromatic rings. The van der Waals surface area contributed by atoms with E-state index in [0.29, 0.717) is 5.82 Å². The van der Waals surface area contributed by atoms with Crippen LogP contribution in [-0.4, -0.2) is 36.7 Å². The summed E-state index contributed by atoms with van der Waals surface area (Å²) in [6.07, 6.45) is -2.59. The van der Waals surface area contributed by atoms with Crippen molar-refractivity contribution in [1.82, 2.24) is 9.88 Å². The van der Waals surface area contributed by atoms with Gasteiger partial charge in [0, 0.05) is 19.8 Å². The zero-order valence-electron chi connectivity index (χ0n) is 9.17. The van der Waals surface area contributed by atoms with Gasteiger partial charge in [0.05, 0.1) is 6.54 Å². The lowest BCUT2D eigenvalue weighted by molar-refractivity contribution is -0.144. The Kier molecular flexibility index (Phi) is 4.12. The number of aromatic nitrogens is 1. The summed E-state index contributed by atoms with van der Waals surface area (Å²) in [5.41, 5.74) is 0.797. The molecule has 0 aliphatic heterocycles. The molecule has 1 aromatic heterocycles. The Balaban J connectivity index is 2.59. The molecule has 3 nitrogen and oxygen atoms in total. The summed E-state index contributed by atoms with van der Waals surface area (Å²) in [6.45, 7) is -0.666. The minimum atomic E-state index is -4.16. The molecule has 0 aliphatic rings. The summed E-state index contributed by atoms with van der Waals surface area (Å²) in [5, 5.41) is 2.84. The van der Waals surface area contributed by atoms with E-state index in [1.165, 1.54) is 11.9 Å². The molecule has 0 aliphatic carbocycles. The third-order valence-electron chi connectivity index (χ3n) is 1.98. The van der Waals surface area contributed by atoms with Crippen molar-refractivity contribution in [1.29, 1.82) is 0 Å². The van der Waals surface area contributed by atoms with Crippen molar-refractivity contribution in [2.24, 2.45) is 0 Å². The van der Waals surface area contributed by atoms with Gasteiger partial charge in [-0.2, -0.15) is 13.2 Å². The van der Waals surface area contributed by atoms with Crippen LogP contribution in [0, 0.1) is 0 Å². The molecule has 1 heterocycles. The number of nitrogens with one attached hydrogen (secondary N) is 1. The van der Waals surface area contributed by atoms with Crippen LogP contribution in [0.5, 0.6) is 0 Å². The van der Waals surface area contributed by atoms with Crippen molar-refractivity contribution in [2.45, 2.75) is 12.7 Å². The lowest BCUT2D eigenvalue weighted by Gasteiger charge is -2.18. The molecule has 0 unspecified atom stereocenters. The number of nitrogens with zero attached hydrogens (tertiary/aromatic N) is 2. The summed E-state index contributed by atoms with van der Waals surface area (Å²) >= 11 is 0. The first-order valence-electron chi connectivity index (χ1n) is 4.78. The number of alkyl halides is 3. The zero-order valence-corrected chi connectivity index (χ0v) is 9.17.